The number of amides is 1. The predicted molar refractivity (Wildman–Crippen MR) is 77.6 cm³/mol. The number of benzene rings is 1. The first-order chi connectivity index (χ1) is 9.52. The van der Waals surface area contributed by atoms with Gasteiger partial charge in [-0.3, -0.25) is 9.59 Å². The molecule has 20 heavy (non-hydrogen) atoms. The van der Waals surface area contributed by atoms with Gasteiger partial charge in [0.15, 0.2) is 0 Å². The zero-order valence-corrected chi connectivity index (χ0v) is 11.9. The molecule has 2 aromatic rings. The minimum Gasteiger partial charge on any atom is -0.468 e. The summed E-state index contributed by atoms with van der Waals surface area (Å²) in [7, 11) is 1.34. The highest BCUT2D eigenvalue weighted by Gasteiger charge is 2.17. The number of para-hydroxylation sites is 1. The van der Waals surface area contributed by atoms with E-state index in [2.05, 4.69) is 9.72 Å². The molecule has 0 fully saturated rings. The van der Waals surface area contributed by atoms with E-state index in [4.69, 9.17) is 5.73 Å². The van der Waals surface area contributed by atoms with Crippen LogP contribution >= 0.6 is 11.8 Å². The van der Waals surface area contributed by atoms with Gasteiger partial charge in [-0.25, -0.2) is 4.98 Å². The molecule has 2 rings (SSSR count). The van der Waals surface area contributed by atoms with Gasteiger partial charge in [-0.05, 0) is 19.1 Å². The number of esters is 1. The summed E-state index contributed by atoms with van der Waals surface area (Å²) in [5.74, 6) is -0.859. The first kappa shape index (κ1) is 14.3. The van der Waals surface area contributed by atoms with Crippen molar-refractivity contribution in [2.75, 3.05) is 7.11 Å². The second kappa shape index (κ2) is 5.92. The molecule has 0 spiro atoms. The summed E-state index contributed by atoms with van der Waals surface area (Å²) in [6.07, 6.45) is 0. The summed E-state index contributed by atoms with van der Waals surface area (Å²) in [6, 6.07) is 8.85. The number of fused-ring (bicyclic) bond motifs is 1. The zero-order valence-electron chi connectivity index (χ0n) is 11.1. The molecule has 0 saturated carbocycles. The topological polar surface area (TPSA) is 82.3 Å². The molecule has 0 unspecified atom stereocenters. The Labute approximate surface area is 120 Å². The Hall–Kier alpha value is -2.08. The van der Waals surface area contributed by atoms with Crippen LogP contribution in [0.2, 0.25) is 0 Å². The van der Waals surface area contributed by atoms with Crippen LogP contribution in [0.15, 0.2) is 35.4 Å². The molecular weight excluding hydrogens is 276 g/mol. The maximum Gasteiger partial charge on any atom is 0.318 e. The summed E-state index contributed by atoms with van der Waals surface area (Å²) in [6.45, 7) is 1.72. The Bertz CT molecular complexity index is 673. The van der Waals surface area contributed by atoms with Crippen LogP contribution in [-0.4, -0.2) is 29.2 Å². The zero-order chi connectivity index (χ0) is 14.7. The lowest BCUT2D eigenvalue weighted by Gasteiger charge is -2.10. The van der Waals surface area contributed by atoms with Crippen LogP contribution < -0.4 is 5.73 Å². The third kappa shape index (κ3) is 2.91. The second-order valence-corrected chi connectivity index (χ2v) is 5.53. The van der Waals surface area contributed by atoms with Crippen molar-refractivity contribution in [1.29, 1.82) is 0 Å². The van der Waals surface area contributed by atoms with E-state index in [1.54, 1.807) is 25.1 Å². The number of hydrogen-bond donors (Lipinski definition) is 1. The number of thioether (sulfide) groups is 1. The number of aromatic nitrogens is 1. The smallest absolute Gasteiger partial charge is 0.318 e. The van der Waals surface area contributed by atoms with Crippen molar-refractivity contribution in [1.82, 2.24) is 4.98 Å². The lowest BCUT2D eigenvalue weighted by molar-refractivity contribution is -0.139. The average Bonchev–Trinajstić information content (AvgIpc) is 2.45. The molecule has 1 aromatic heterocycles. The number of carbonyl (C=O) groups is 2. The number of carbonyl (C=O) groups excluding carboxylic acids is 2. The van der Waals surface area contributed by atoms with E-state index in [1.807, 2.05) is 12.1 Å². The molecule has 1 amide bonds. The summed E-state index contributed by atoms with van der Waals surface area (Å²) in [5, 5.41) is 0.861. The van der Waals surface area contributed by atoms with Gasteiger partial charge in [0.25, 0.3) is 0 Å². The molecule has 0 saturated heterocycles. The average molecular weight is 290 g/mol. The van der Waals surface area contributed by atoms with Gasteiger partial charge in [0.05, 0.1) is 23.2 Å². The predicted octanol–water partition coefficient (Wildman–Crippen LogP) is 1.99. The van der Waals surface area contributed by atoms with Gasteiger partial charge >= 0.3 is 5.97 Å². The first-order valence-electron chi connectivity index (χ1n) is 5.97. The molecule has 0 bridgehead atoms. The lowest BCUT2D eigenvalue weighted by atomic mass is 10.1. The highest BCUT2D eigenvalue weighted by Crippen LogP contribution is 2.27. The van der Waals surface area contributed by atoms with E-state index in [1.165, 1.54) is 18.9 Å². The van der Waals surface area contributed by atoms with Gasteiger partial charge in [0.1, 0.15) is 5.25 Å². The SMILES string of the molecule is COC(=O)[C@H](C)Sc1cc(C(N)=O)c2ccccc2n1. The van der Waals surface area contributed by atoms with Crippen molar-refractivity contribution in [2.45, 2.75) is 17.2 Å². The van der Waals surface area contributed by atoms with Crippen molar-refractivity contribution in [3.63, 3.8) is 0 Å². The molecule has 104 valence electrons. The highest BCUT2D eigenvalue weighted by molar-refractivity contribution is 8.00. The van der Waals surface area contributed by atoms with Gasteiger partial charge < -0.3 is 10.5 Å². The van der Waals surface area contributed by atoms with Gasteiger partial charge in [0.2, 0.25) is 5.91 Å². The first-order valence-corrected chi connectivity index (χ1v) is 6.85. The fourth-order valence-electron chi connectivity index (χ4n) is 1.81. The molecule has 0 radical (unpaired) electrons. The standard InChI is InChI=1S/C14H14N2O3S/c1-8(14(18)19-2)20-12-7-10(13(15)17)9-5-3-4-6-11(9)16-12/h3-8H,1-2H3,(H2,15,17)/t8-/m0/s1. The maximum atomic E-state index is 11.5. The fraction of sp³-hybridized carbons (Fsp3) is 0.214. The van der Waals surface area contributed by atoms with E-state index in [9.17, 15) is 9.59 Å². The van der Waals surface area contributed by atoms with Crippen molar-refractivity contribution in [3.05, 3.63) is 35.9 Å². The molecule has 2 N–H and O–H groups in total. The Kier molecular flexibility index (Phi) is 4.24. The van der Waals surface area contributed by atoms with Crippen molar-refractivity contribution in [2.24, 2.45) is 5.73 Å². The van der Waals surface area contributed by atoms with Crippen molar-refractivity contribution < 1.29 is 14.3 Å². The van der Waals surface area contributed by atoms with Crippen LogP contribution in [0.1, 0.15) is 17.3 Å². The number of hydrogen-bond acceptors (Lipinski definition) is 5. The van der Waals surface area contributed by atoms with Gasteiger partial charge in [-0.1, -0.05) is 30.0 Å². The van der Waals surface area contributed by atoms with Gasteiger partial charge in [-0.15, -0.1) is 0 Å². The number of primary amides is 1. The molecule has 0 aliphatic carbocycles. The number of pyridine rings is 1. The maximum absolute atomic E-state index is 11.5. The molecule has 1 atom stereocenters. The van der Waals surface area contributed by atoms with Crippen LogP contribution in [0.25, 0.3) is 10.9 Å². The molecule has 0 aliphatic heterocycles. The van der Waals surface area contributed by atoms with E-state index in [-0.39, 0.29) is 5.97 Å². The fourth-order valence-corrected chi connectivity index (χ4v) is 2.70. The van der Waals surface area contributed by atoms with Crippen LogP contribution in [0.5, 0.6) is 0 Å². The minimum absolute atomic E-state index is 0.342. The number of nitrogens with two attached hydrogens (primary N) is 1. The molecular formula is C14H14N2O3S. The largest absolute Gasteiger partial charge is 0.468 e. The third-order valence-corrected chi connectivity index (χ3v) is 3.79. The summed E-state index contributed by atoms with van der Waals surface area (Å²) >= 11 is 1.23. The second-order valence-electron chi connectivity index (χ2n) is 4.17. The summed E-state index contributed by atoms with van der Waals surface area (Å²) in [5.41, 5.74) is 6.47. The van der Waals surface area contributed by atoms with Gasteiger partial charge in [-0.2, -0.15) is 0 Å². The van der Waals surface area contributed by atoms with Gasteiger partial charge in [0, 0.05) is 5.39 Å². The minimum atomic E-state index is -0.517. The molecule has 6 heteroatoms. The third-order valence-electron chi connectivity index (χ3n) is 2.79. The molecule has 1 aromatic carbocycles. The highest BCUT2D eigenvalue weighted by atomic mass is 32.2. The normalized spacial score (nSPS) is 12.1. The Morgan fingerprint density at radius 3 is 2.70 bits per heavy atom. The van der Waals surface area contributed by atoms with Crippen LogP contribution in [0.4, 0.5) is 0 Å². The lowest BCUT2D eigenvalue weighted by Crippen LogP contribution is -2.16. The number of nitrogens with zero attached hydrogens (tertiary/aromatic N) is 1. The van der Waals surface area contributed by atoms with E-state index >= 15 is 0 Å². The number of rotatable bonds is 4. The molecule has 0 aliphatic rings. The summed E-state index contributed by atoms with van der Waals surface area (Å²) < 4.78 is 4.67. The number of ether oxygens (including phenoxy) is 1. The summed E-state index contributed by atoms with van der Waals surface area (Å²) in [4.78, 5) is 27.4. The van der Waals surface area contributed by atoms with E-state index in [0.29, 0.717) is 21.5 Å². The number of methoxy groups -OCH3 is 1. The molecule has 5 nitrogen and oxygen atoms in total. The Morgan fingerprint density at radius 2 is 2.05 bits per heavy atom. The quantitative estimate of drug-likeness (QED) is 0.688. The monoisotopic (exact) mass is 290 g/mol. The molecule has 1 heterocycles. The Morgan fingerprint density at radius 1 is 1.35 bits per heavy atom. The van der Waals surface area contributed by atoms with Crippen LogP contribution in [0.3, 0.4) is 0 Å². The van der Waals surface area contributed by atoms with Crippen LogP contribution in [0, 0.1) is 0 Å². The van der Waals surface area contributed by atoms with Crippen molar-refractivity contribution >= 4 is 34.5 Å². The Balaban J connectivity index is 2.45. The van der Waals surface area contributed by atoms with Crippen LogP contribution in [-0.2, 0) is 9.53 Å². The van der Waals surface area contributed by atoms with Crippen molar-refractivity contribution in [3.8, 4) is 0 Å². The van der Waals surface area contributed by atoms with E-state index < -0.39 is 11.2 Å². The van der Waals surface area contributed by atoms with E-state index in [0.717, 1.165) is 0 Å².